The van der Waals surface area contributed by atoms with E-state index in [9.17, 15) is 0 Å². The van der Waals surface area contributed by atoms with Crippen LogP contribution in [-0.2, 0) is 0 Å². The van der Waals surface area contributed by atoms with Gasteiger partial charge >= 0.3 is 0 Å². The highest BCUT2D eigenvalue weighted by molar-refractivity contribution is 4.39. The Labute approximate surface area is 58.0 Å². The Balaban J connectivity index is 0. The van der Waals surface area contributed by atoms with E-state index < -0.39 is 0 Å². The fourth-order valence-corrected chi connectivity index (χ4v) is 0.854. The lowest BCUT2D eigenvalue weighted by Gasteiger charge is -1.93. The van der Waals surface area contributed by atoms with Crippen molar-refractivity contribution in [2.75, 3.05) is 0 Å². The van der Waals surface area contributed by atoms with Gasteiger partial charge in [0.25, 0.3) is 0 Å². The van der Waals surface area contributed by atoms with Crippen LogP contribution in [0.3, 0.4) is 0 Å². The van der Waals surface area contributed by atoms with Gasteiger partial charge in [-0.05, 0) is 0 Å². The standard InChI is InChI=1S/C8H18.FH/c1-3-5-7-8-6-4-2;/h3-8H2,1-2H3;1H. The van der Waals surface area contributed by atoms with E-state index in [1.54, 1.807) is 0 Å². The Bertz CT molecular complexity index is 29.5. The molecular formula is C8H19F. The van der Waals surface area contributed by atoms with Gasteiger partial charge in [-0.3, -0.25) is 4.70 Å². The molecule has 58 valence electrons. The molecule has 0 N–H and O–H groups in total. The zero-order chi connectivity index (χ0) is 6.24. The van der Waals surface area contributed by atoms with Crippen LogP contribution in [0.5, 0.6) is 0 Å². The van der Waals surface area contributed by atoms with E-state index >= 15 is 0 Å². The van der Waals surface area contributed by atoms with E-state index in [1.165, 1.54) is 38.5 Å². The van der Waals surface area contributed by atoms with Crippen molar-refractivity contribution in [3.8, 4) is 0 Å². The zero-order valence-corrected chi connectivity index (χ0v) is 6.65. The van der Waals surface area contributed by atoms with E-state index in [4.69, 9.17) is 0 Å². The molecule has 0 aromatic rings. The number of hydrogen-bond acceptors (Lipinski definition) is 0. The summed E-state index contributed by atoms with van der Waals surface area (Å²) < 4.78 is 0. The molecule has 0 amide bonds. The van der Waals surface area contributed by atoms with Crippen LogP contribution in [-0.4, -0.2) is 0 Å². The van der Waals surface area contributed by atoms with E-state index in [-0.39, 0.29) is 4.70 Å². The van der Waals surface area contributed by atoms with Gasteiger partial charge in [-0.25, -0.2) is 0 Å². The smallest absolute Gasteiger partial charge is 0.0533 e. The van der Waals surface area contributed by atoms with Crippen molar-refractivity contribution in [1.29, 1.82) is 0 Å². The fourth-order valence-electron chi connectivity index (χ4n) is 0.854. The van der Waals surface area contributed by atoms with Crippen LogP contribution in [0.4, 0.5) is 4.70 Å². The minimum atomic E-state index is 0. The Morgan fingerprint density at radius 2 is 1.00 bits per heavy atom. The van der Waals surface area contributed by atoms with Crippen LogP contribution in [0.25, 0.3) is 0 Å². The van der Waals surface area contributed by atoms with Crippen LogP contribution in [0, 0.1) is 0 Å². The molecule has 0 aliphatic rings. The molecule has 0 aliphatic heterocycles. The summed E-state index contributed by atoms with van der Waals surface area (Å²) in [5.74, 6) is 0. The highest BCUT2D eigenvalue weighted by atomic mass is 19.0. The monoisotopic (exact) mass is 134 g/mol. The van der Waals surface area contributed by atoms with Gasteiger partial charge < -0.3 is 0 Å². The molecule has 0 aromatic carbocycles. The third-order valence-electron chi connectivity index (χ3n) is 1.46. The van der Waals surface area contributed by atoms with E-state index in [0.717, 1.165) is 0 Å². The second kappa shape index (κ2) is 10.8. The Morgan fingerprint density at radius 3 is 1.22 bits per heavy atom. The van der Waals surface area contributed by atoms with E-state index in [1.807, 2.05) is 0 Å². The quantitative estimate of drug-likeness (QED) is 0.505. The van der Waals surface area contributed by atoms with Gasteiger partial charge in [0.15, 0.2) is 0 Å². The van der Waals surface area contributed by atoms with Crippen LogP contribution in [0.2, 0.25) is 0 Å². The summed E-state index contributed by atoms with van der Waals surface area (Å²) in [6.07, 6.45) is 8.49. The minimum absolute atomic E-state index is 0. The van der Waals surface area contributed by atoms with Crippen LogP contribution in [0.15, 0.2) is 0 Å². The fraction of sp³-hybridized carbons (Fsp3) is 1.00. The zero-order valence-electron chi connectivity index (χ0n) is 6.65. The van der Waals surface area contributed by atoms with Crippen molar-refractivity contribution < 1.29 is 4.70 Å². The summed E-state index contributed by atoms with van der Waals surface area (Å²) in [5, 5.41) is 0. The first-order chi connectivity index (χ1) is 3.91. The second-order valence-electron chi connectivity index (χ2n) is 2.41. The Morgan fingerprint density at radius 1 is 0.667 bits per heavy atom. The first kappa shape index (κ1) is 11.7. The molecule has 0 fully saturated rings. The highest BCUT2D eigenvalue weighted by Crippen LogP contribution is 2.03. The maximum Gasteiger partial charge on any atom is -0.0533 e. The van der Waals surface area contributed by atoms with Crippen molar-refractivity contribution in [2.24, 2.45) is 0 Å². The molecule has 0 aromatic heterocycles. The third kappa shape index (κ3) is 11.5. The maximum atomic E-state index is 2.26. The summed E-state index contributed by atoms with van der Waals surface area (Å²) in [5.41, 5.74) is 0. The molecule has 0 atom stereocenters. The summed E-state index contributed by atoms with van der Waals surface area (Å²) in [6, 6.07) is 0. The van der Waals surface area contributed by atoms with Crippen molar-refractivity contribution in [1.82, 2.24) is 0 Å². The van der Waals surface area contributed by atoms with E-state index in [2.05, 4.69) is 13.8 Å². The lowest BCUT2D eigenvalue weighted by Crippen LogP contribution is -1.73. The van der Waals surface area contributed by atoms with Crippen LogP contribution in [0.1, 0.15) is 52.4 Å². The first-order valence-corrected chi connectivity index (χ1v) is 3.91. The molecule has 0 rings (SSSR count). The molecular weight excluding hydrogens is 115 g/mol. The average Bonchev–Trinajstić information content (AvgIpc) is 1.81. The minimum Gasteiger partial charge on any atom is -0.269 e. The van der Waals surface area contributed by atoms with Gasteiger partial charge in [-0.15, -0.1) is 0 Å². The highest BCUT2D eigenvalue weighted by Gasteiger charge is 1.83. The van der Waals surface area contributed by atoms with Crippen LogP contribution >= 0.6 is 0 Å². The molecule has 0 radical (unpaired) electrons. The summed E-state index contributed by atoms with van der Waals surface area (Å²) in [7, 11) is 0. The van der Waals surface area contributed by atoms with Gasteiger partial charge in [-0.2, -0.15) is 0 Å². The average molecular weight is 134 g/mol. The van der Waals surface area contributed by atoms with Crippen LogP contribution < -0.4 is 0 Å². The lowest BCUT2D eigenvalue weighted by atomic mass is 10.1. The Kier molecular flexibility index (Phi) is 14.1. The molecule has 0 bridgehead atoms. The molecule has 0 nitrogen and oxygen atoms in total. The number of unbranched alkanes of at least 4 members (excludes halogenated alkanes) is 5. The van der Waals surface area contributed by atoms with Gasteiger partial charge in [0.1, 0.15) is 0 Å². The first-order valence-electron chi connectivity index (χ1n) is 3.91. The van der Waals surface area contributed by atoms with Gasteiger partial charge in [-0.1, -0.05) is 52.4 Å². The van der Waals surface area contributed by atoms with Crippen molar-refractivity contribution in [3.05, 3.63) is 0 Å². The Hall–Kier alpha value is -0.0700. The van der Waals surface area contributed by atoms with Crippen molar-refractivity contribution in [3.63, 3.8) is 0 Å². The lowest BCUT2D eigenvalue weighted by molar-refractivity contribution is 0.624. The molecule has 0 unspecified atom stereocenters. The van der Waals surface area contributed by atoms with Gasteiger partial charge in [0.05, 0.1) is 0 Å². The predicted octanol–water partition coefficient (Wildman–Crippen LogP) is 3.52. The summed E-state index contributed by atoms with van der Waals surface area (Å²) in [6.45, 7) is 4.51. The molecule has 0 spiro atoms. The topological polar surface area (TPSA) is 0 Å². The molecule has 0 heterocycles. The summed E-state index contributed by atoms with van der Waals surface area (Å²) >= 11 is 0. The SMILES string of the molecule is CCCCCCCC.F. The summed E-state index contributed by atoms with van der Waals surface area (Å²) in [4.78, 5) is 0. The molecule has 1 heteroatoms. The van der Waals surface area contributed by atoms with Crippen molar-refractivity contribution >= 4 is 0 Å². The maximum absolute atomic E-state index is 2.26. The largest absolute Gasteiger partial charge is 0.269 e. The third-order valence-corrected chi connectivity index (χ3v) is 1.46. The van der Waals surface area contributed by atoms with Gasteiger partial charge in [0.2, 0.25) is 0 Å². The van der Waals surface area contributed by atoms with Crippen molar-refractivity contribution in [2.45, 2.75) is 52.4 Å². The number of rotatable bonds is 5. The molecule has 9 heavy (non-hydrogen) atoms. The number of halogens is 1. The number of hydrogen-bond donors (Lipinski definition) is 0. The normalized spacial score (nSPS) is 8.67. The second-order valence-corrected chi connectivity index (χ2v) is 2.41. The predicted molar refractivity (Wildman–Crippen MR) is 41.6 cm³/mol. The molecule has 0 saturated carbocycles. The van der Waals surface area contributed by atoms with Gasteiger partial charge in [0, 0.05) is 0 Å². The van der Waals surface area contributed by atoms with E-state index in [0.29, 0.717) is 0 Å². The molecule has 0 saturated heterocycles. The molecule has 0 aliphatic carbocycles.